The second-order valence-electron chi connectivity index (χ2n) is 11.9. The third kappa shape index (κ3) is 4.88. The molecule has 2 aliphatic carbocycles. The Morgan fingerprint density at radius 3 is 1.96 bits per heavy atom. The minimum Gasteiger partial charge on any atom is -0.508 e. The lowest BCUT2D eigenvalue weighted by atomic mass is 9.63. The van der Waals surface area contributed by atoms with Gasteiger partial charge < -0.3 is 44.8 Å². The number of carbonyl (C=O) groups is 3. The highest BCUT2D eigenvalue weighted by molar-refractivity contribution is 6.19. The summed E-state index contributed by atoms with van der Waals surface area (Å²) in [6, 6.07) is 10.1. The van der Waals surface area contributed by atoms with Crippen molar-refractivity contribution in [2.75, 3.05) is 27.4 Å². The number of hydrogen-bond donors (Lipinski definition) is 6. The molecule has 0 heterocycles. The summed E-state index contributed by atoms with van der Waals surface area (Å²) in [4.78, 5) is 41.5. The quantitative estimate of drug-likeness (QED) is 0.158. The van der Waals surface area contributed by atoms with Crippen LogP contribution in [0.1, 0.15) is 87.4 Å². The highest BCUT2D eigenvalue weighted by atomic mass is 16.5. The molecule has 248 valence electrons. The minimum absolute atomic E-state index is 0.0190. The average Bonchev–Trinajstić information content (AvgIpc) is 3.03. The number of ether oxygens (including phenoxy) is 3. The second-order valence-corrected chi connectivity index (χ2v) is 11.9. The molecule has 4 aromatic rings. The SMILES string of the molecule is COc1cc(OC)c2c(c1)C(C1c3cc(O)cc(O)c3C(=O)c3c1cc(C)c(C(=O)OC[C@@H](O)CO)c3O)c1cc(C)cc(O)c1C2=O. The fourth-order valence-corrected chi connectivity index (χ4v) is 6.96. The van der Waals surface area contributed by atoms with Crippen LogP contribution in [0.4, 0.5) is 0 Å². The van der Waals surface area contributed by atoms with Crippen molar-refractivity contribution in [3.63, 3.8) is 0 Å². The Balaban J connectivity index is 1.72. The molecule has 12 nitrogen and oxygen atoms in total. The zero-order chi connectivity index (χ0) is 34.8. The topological polar surface area (TPSA) is 200 Å². The summed E-state index contributed by atoms with van der Waals surface area (Å²) in [5.74, 6) is -5.91. The molecule has 4 aromatic carbocycles. The molecule has 0 bridgehead atoms. The van der Waals surface area contributed by atoms with Crippen molar-refractivity contribution in [3.05, 3.63) is 104 Å². The van der Waals surface area contributed by atoms with Crippen molar-refractivity contribution in [1.29, 1.82) is 0 Å². The largest absolute Gasteiger partial charge is 0.508 e. The van der Waals surface area contributed by atoms with Crippen LogP contribution in [0.5, 0.6) is 34.5 Å². The maximum atomic E-state index is 14.2. The number of phenolic OH excluding ortho intramolecular Hbond substituents is 4. The number of carbonyl (C=O) groups excluding carboxylic acids is 3. The first-order valence-electron chi connectivity index (χ1n) is 14.9. The number of methoxy groups -OCH3 is 2. The highest BCUT2D eigenvalue weighted by Crippen LogP contribution is 2.57. The Morgan fingerprint density at radius 1 is 0.750 bits per heavy atom. The maximum Gasteiger partial charge on any atom is 0.342 e. The predicted octanol–water partition coefficient (Wildman–Crippen LogP) is 3.71. The number of rotatable bonds is 7. The van der Waals surface area contributed by atoms with E-state index in [4.69, 9.17) is 19.3 Å². The van der Waals surface area contributed by atoms with Crippen molar-refractivity contribution in [1.82, 2.24) is 0 Å². The number of aliphatic hydroxyl groups is 2. The smallest absolute Gasteiger partial charge is 0.342 e. The van der Waals surface area contributed by atoms with Crippen molar-refractivity contribution in [2.45, 2.75) is 31.8 Å². The van der Waals surface area contributed by atoms with Gasteiger partial charge in [0.2, 0.25) is 11.6 Å². The van der Waals surface area contributed by atoms with Gasteiger partial charge in [0, 0.05) is 24.0 Å². The van der Waals surface area contributed by atoms with Crippen LogP contribution in [-0.2, 0) is 4.74 Å². The first-order chi connectivity index (χ1) is 22.8. The molecule has 0 aromatic heterocycles. The van der Waals surface area contributed by atoms with E-state index >= 15 is 0 Å². The lowest BCUT2D eigenvalue weighted by Gasteiger charge is -2.39. The van der Waals surface area contributed by atoms with Crippen LogP contribution in [0.15, 0.2) is 42.5 Å². The average molecular weight is 657 g/mol. The summed E-state index contributed by atoms with van der Waals surface area (Å²) >= 11 is 0. The normalized spacial score (nSPS) is 16.7. The van der Waals surface area contributed by atoms with Crippen LogP contribution in [0.25, 0.3) is 0 Å². The maximum absolute atomic E-state index is 14.2. The standard InChI is InChI=1S/C36H32O12/c1-14-5-19-27(22-10-18(46-3)11-25(47-4)31(22)34(43)29(19)23(40)6-14)28-20-7-15(2)26(36(45)48-13-17(39)12-37)33(42)32(20)35(44)30-21(28)8-16(38)9-24(30)41/h5-11,17,27-28,37-42H,12-13H2,1-4H3/t17-,27?,28?/m0/s1. The number of fused-ring (bicyclic) bond motifs is 4. The summed E-state index contributed by atoms with van der Waals surface area (Å²) in [6.07, 6.45) is -1.38. The van der Waals surface area contributed by atoms with Gasteiger partial charge in [-0.2, -0.15) is 0 Å². The summed E-state index contributed by atoms with van der Waals surface area (Å²) in [7, 11) is 2.82. The van der Waals surface area contributed by atoms with Gasteiger partial charge in [0.1, 0.15) is 52.8 Å². The lowest BCUT2D eigenvalue weighted by Crippen LogP contribution is -2.30. The van der Waals surface area contributed by atoms with Crippen LogP contribution >= 0.6 is 0 Å². The van der Waals surface area contributed by atoms with Gasteiger partial charge in [-0.3, -0.25) is 9.59 Å². The number of ketones is 2. The summed E-state index contributed by atoms with van der Waals surface area (Å²) in [5, 5.41) is 63.5. The van der Waals surface area contributed by atoms with E-state index < -0.39 is 60.2 Å². The van der Waals surface area contributed by atoms with Gasteiger partial charge in [-0.25, -0.2) is 4.79 Å². The van der Waals surface area contributed by atoms with Crippen molar-refractivity contribution in [3.8, 4) is 34.5 Å². The Labute approximate surface area is 274 Å². The molecule has 2 aliphatic rings. The highest BCUT2D eigenvalue weighted by Gasteiger charge is 2.47. The number of aromatic hydroxyl groups is 4. The molecule has 48 heavy (non-hydrogen) atoms. The van der Waals surface area contributed by atoms with Gasteiger partial charge >= 0.3 is 5.97 Å². The minimum atomic E-state index is -1.38. The van der Waals surface area contributed by atoms with E-state index in [2.05, 4.69) is 0 Å². The van der Waals surface area contributed by atoms with Crippen LogP contribution in [-0.4, -0.2) is 81.7 Å². The number of hydrogen-bond acceptors (Lipinski definition) is 12. The van der Waals surface area contributed by atoms with E-state index in [-0.39, 0.29) is 61.8 Å². The van der Waals surface area contributed by atoms with Crippen LogP contribution in [0.2, 0.25) is 0 Å². The summed E-state index contributed by atoms with van der Waals surface area (Å²) < 4.78 is 16.3. The number of aliphatic hydroxyl groups excluding tert-OH is 2. The van der Waals surface area contributed by atoms with E-state index in [0.29, 0.717) is 22.4 Å². The van der Waals surface area contributed by atoms with Gasteiger partial charge in [0.15, 0.2) is 0 Å². The Morgan fingerprint density at radius 2 is 1.33 bits per heavy atom. The van der Waals surface area contributed by atoms with Gasteiger partial charge in [-0.15, -0.1) is 0 Å². The third-order valence-electron chi connectivity index (χ3n) is 8.92. The summed E-state index contributed by atoms with van der Waals surface area (Å²) in [5.41, 5.74) is 1.01. The van der Waals surface area contributed by atoms with E-state index in [9.17, 15) is 39.9 Å². The van der Waals surface area contributed by atoms with Crippen LogP contribution in [0.3, 0.4) is 0 Å². The number of benzene rings is 4. The Kier molecular flexibility index (Phi) is 8.02. The van der Waals surface area contributed by atoms with Crippen molar-refractivity contribution < 1.29 is 59.2 Å². The molecule has 2 unspecified atom stereocenters. The monoisotopic (exact) mass is 656 g/mol. The van der Waals surface area contributed by atoms with Crippen molar-refractivity contribution in [2.24, 2.45) is 0 Å². The van der Waals surface area contributed by atoms with Gasteiger partial charge in [-0.05, 0) is 65.4 Å². The third-order valence-corrected chi connectivity index (χ3v) is 8.92. The lowest BCUT2D eigenvalue weighted by molar-refractivity contribution is 0.00906. The van der Waals surface area contributed by atoms with E-state index in [1.54, 1.807) is 19.1 Å². The molecule has 0 amide bonds. The van der Waals surface area contributed by atoms with E-state index in [1.165, 1.54) is 45.4 Å². The number of phenols is 4. The fraction of sp³-hybridized carbons (Fsp3) is 0.250. The zero-order valence-corrected chi connectivity index (χ0v) is 26.3. The molecule has 6 rings (SSSR count). The number of esters is 1. The van der Waals surface area contributed by atoms with Gasteiger partial charge in [-0.1, -0.05) is 12.1 Å². The molecule has 0 radical (unpaired) electrons. The van der Waals surface area contributed by atoms with Crippen LogP contribution in [0, 0.1) is 13.8 Å². The van der Waals surface area contributed by atoms with Crippen LogP contribution < -0.4 is 9.47 Å². The molecule has 0 saturated carbocycles. The molecule has 12 heteroatoms. The van der Waals surface area contributed by atoms with Gasteiger partial charge in [0.25, 0.3) is 0 Å². The van der Waals surface area contributed by atoms with Crippen molar-refractivity contribution >= 4 is 17.5 Å². The number of aryl methyl sites for hydroxylation is 2. The molecular weight excluding hydrogens is 624 g/mol. The first-order valence-corrected chi connectivity index (χ1v) is 14.9. The fourth-order valence-electron chi connectivity index (χ4n) is 6.96. The zero-order valence-electron chi connectivity index (χ0n) is 26.3. The molecule has 3 atom stereocenters. The molecule has 0 saturated heterocycles. The first kappa shape index (κ1) is 32.4. The molecule has 0 aliphatic heterocycles. The Bertz CT molecular complexity index is 2050. The second kappa shape index (κ2) is 11.9. The molecular formula is C36H32O12. The molecule has 0 fully saturated rings. The molecule has 6 N–H and O–H groups in total. The molecule has 0 spiro atoms. The van der Waals surface area contributed by atoms with Gasteiger partial charge in [0.05, 0.1) is 43.1 Å². The van der Waals surface area contributed by atoms with E-state index in [0.717, 1.165) is 6.07 Å². The predicted molar refractivity (Wildman–Crippen MR) is 169 cm³/mol. The summed E-state index contributed by atoms with van der Waals surface area (Å²) in [6.45, 7) is 1.98. The Hall–Kier alpha value is -5.59. The van der Waals surface area contributed by atoms with E-state index in [1.807, 2.05) is 0 Å².